The summed E-state index contributed by atoms with van der Waals surface area (Å²) < 4.78 is 4.59. The van der Waals surface area contributed by atoms with Crippen LogP contribution in [-0.2, 0) is 20.6 Å². The predicted octanol–water partition coefficient (Wildman–Crippen LogP) is 0.566. The number of fused-ring (bicyclic) bond motifs is 1. The van der Waals surface area contributed by atoms with Crippen LogP contribution in [0.5, 0.6) is 0 Å². The van der Waals surface area contributed by atoms with Gasteiger partial charge in [0.1, 0.15) is 0 Å². The summed E-state index contributed by atoms with van der Waals surface area (Å²) >= 11 is 1.46. The number of hydrogen-bond acceptors (Lipinski definition) is 4. The zero-order valence-corrected chi connectivity index (χ0v) is 12.0. The average molecular weight is 280 g/mol. The highest BCUT2D eigenvalue weighted by Crippen LogP contribution is 2.29. The van der Waals surface area contributed by atoms with E-state index in [4.69, 9.17) is 0 Å². The van der Waals surface area contributed by atoms with Crippen molar-refractivity contribution in [3.05, 3.63) is 20.8 Å². The van der Waals surface area contributed by atoms with E-state index < -0.39 is 0 Å². The summed E-state index contributed by atoms with van der Waals surface area (Å²) in [7, 11) is 3.49. The molecule has 2 aromatic heterocycles. The second kappa shape index (κ2) is 4.26. The molecule has 0 saturated heterocycles. The Morgan fingerprint density at radius 2 is 1.95 bits per heavy atom. The fraction of sp³-hybridized carbons (Fsp3) is 0.583. The Balaban J connectivity index is 2.36. The quantitative estimate of drug-likeness (QED) is 0.771. The van der Waals surface area contributed by atoms with E-state index in [0.29, 0.717) is 23.6 Å². The minimum Gasteiger partial charge on any atom is -0.316 e. The normalized spacial score (nSPS) is 15.3. The van der Waals surface area contributed by atoms with Crippen molar-refractivity contribution in [1.82, 2.24) is 18.7 Å². The fourth-order valence-corrected chi connectivity index (χ4v) is 2.87. The van der Waals surface area contributed by atoms with Crippen LogP contribution in [0.1, 0.15) is 12.8 Å². The maximum atomic E-state index is 12.5. The Morgan fingerprint density at radius 3 is 2.53 bits per heavy atom. The Kier molecular flexibility index (Phi) is 2.81. The maximum absolute atomic E-state index is 12.5. The third-order valence-electron chi connectivity index (χ3n) is 3.64. The van der Waals surface area contributed by atoms with Gasteiger partial charge in [0.15, 0.2) is 16.3 Å². The lowest BCUT2D eigenvalue weighted by molar-refractivity contribution is 0.557. The summed E-state index contributed by atoms with van der Waals surface area (Å²) in [6, 6.07) is 0. The van der Waals surface area contributed by atoms with Gasteiger partial charge in [-0.15, -0.1) is 0 Å². The third-order valence-corrected chi connectivity index (χ3v) is 4.37. The number of rotatable bonds is 3. The Hall–Kier alpha value is -1.50. The van der Waals surface area contributed by atoms with Crippen LogP contribution < -0.4 is 11.2 Å². The summed E-state index contributed by atoms with van der Waals surface area (Å²) in [6.07, 6.45) is 4.12. The topological polar surface area (TPSA) is 61.8 Å². The molecule has 0 bridgehead atoms. The van der Waals surface area contributed by atoms with Gasteiger partial charge in [-0.05, 0) is 25.0 Å². The summed E-state index contributed by atoms with van der Waals surface area (Å²) in [4.78, 5) is 29.1. The van der Waals surface area contributed by atoms with Gasteiger partial charge in [-0.25, -0.2) is 9.78 Å². The number of aromatic nitrogens is 4. The van der Waals surface area contributed by atoms with E-state index in [-0.39, 0.29) is 11.2 Å². The van der Waals surface area contributed by atoms with Crippen LogP contribution in [0, 0.1) is 5.92 Å². The molecule has 19 heavy (non-hydrogen) atoms. The number of hydrogen-bond donors (Lipinski definition) is 0. The van der Waals surface area contributed by atoms with E-state index in [2.05, 4.69) is 4.98 Å². The van der Waals surface area contributed by atoms with Gasteiger partial charge in [0.05, 0.1) is 0 Å². The first-order valence-electron chi connectivity index (χ1n) is 6.24. The molecule has 0 spiro atoms. The van der Waals surface area contributed by atoms with Gasteiger partial charge in [-0.3, -0.25) is 13.9 Å². The molecular formula is C12H16N4O2S. The second-order valence-electron chi connectivity index (χ2n) is 5.03. The van der Waals surface area contributed by atoms with Crippen LogP contribution in [0.25, 0.3) is 11.2 Å². The highest BCUT2D eigenvalue weighted by molar-refractivity contribution is 7.98. The number of imidazole rings is 1. The molecule has 6 nitrogen and oxygen atoms in total. The van der Waals surface area contributed by atoms with E-state index in [1.165, 1.54) is 20.9 Å². The molecule has 0 unspecified atom stereocenters. The minimum atomic E-state index is -0.268. The van der Waals surface area contributed by atoms with Gasteiger partial charge in [-0.2, -0.15) is 0 Å². The maximum Gasteiger partial charge on any atom is 0.332 e. The smallest absolute Gasteiger partial charge is 0.316 e. The van der Waals surface area contributed by atoms with Gasteiger partial charge >= 0.3 is 5.69 Å². The third kappa shape index (κ3) is 1.83. The monoisotopic (exact) mass is 280 g/mol. The number of thioether (sulfide) groups is 1. The zero-order chi connectivity index (χ0) is 13.7. The Bertz CT molecular complexity index is 767. The lowest BCUT2D eigenvalue weighted by Crippen LogP contribution is -2.40. The Labute approximate surface area is 114 Å². The largest absolute Gasteiger partial charge is 0.332 e. The molecule has 0 aliphatic heterocycles. The summed E-state index contributed by atoms with van der Waals surface area (Å²) in [5.74, 6) is 0.482. The SMILES string of the molecule is CSc1nc2c(c(=O)n(CC3CC3)c(=O)n2C)n1C. The first-order chi connectivity index (χ1) is 9.04. The van der Waals surface area contributed by atoms with Crippen molar-refractivity contribution in [3.8, 4) is 0 Å². The highest BCUT2D eigenvalue weighted by atomic mass is 32.2. The second-order valence-corrected chi connectivity index (χ2v) is 5.80. The molecule has 0 amide bonds. The van der Waals surface area contributed by atoms with E-state index in [9.17, 15) is 9.59 Å². The molecule has 1 fully saturated rings. The van der Waals surface area contributed by atoms with Crippen LogP contribution >= 0.6 is 11.8 Å². The standard InChI is InChI=1S/C12H16N4O2S/c1-14-8-9(13-11(14)19-3)15(2)12(18)16(10(8)17)6-7-4-5-7/h7H,4-6H2,1-3H3. The molecule has 0 aromatic carbocycles. The van der Waals surface area contributed by atoms with E-state index in [1.54, 1.807) is 11.6 Å². The van der Waals surface area contributed by atoms with Crippen LogP contribution in [0.4, 0.5) is 0 Å². The number of nitrogens with zero attached hydrogens (tertiary/aromatic N) is 4. The van der Waals surface area contributed by atoms with Crippen LogP contribution in [-0.4, -0.2) is 24.9 Å². The molecular weight excluding hydrogens is 264 g/mol. The molecule has 2 aromatic rings. The van der Waals surface area contributed by atoms with E-state index in [0.717, 1.165) is 18.0 Å². The van der Waals surface area contributed by atoms with E-state index >= 15 is 0 Å². The zero-order valence-electron chi connectivity index (χ0n) is 11.2. The van der Waals surface area contributed by atoms with Crippen molar-refractivity contribution in [1.29, 1.82) is 0 Å². The number of aryl methyl sites for hydroxylation is 2. The van der Waals surface area contributed by atoms with Gasteiger partial charge < -0.3 is 4.57 Å². The van der Waals surface area contributed by atoms with Crippen molar-refractivity contribution < 1.29 is 0 Å². The molecule has 1 saturated carbocycles. The van der Waals surface area contributed by atoms with Crippen LogP contribution in [0.2, 0.25) is 0 Å². The Morgan fingerprint density at radius 1 is 1.26 bits per heavy atom. The molecule has 102 valence electrons. The lowest BCUT2D eigenvalue weighted by atomic mass is 10.4. The molecule has 1 aliphatic rings. The summed E-state index contributed by atoms with van der Waals surface area (Å²) in [5.41, 5.74) is 0.483. The highest BCUT2D eigenvalue weighted by Gasteiger charge is 2.25. The lowest BCUT2D eigenvalue weighted by Gasteiger charge is -2.07. The van der Waals surface area contributed by atoms with Crippen molar-refractivity contribution in [2.24, 2.45) is 20.0 Å². The van der Waals surface area contributed by atoms with Crippen LogP contribution in [0.3, 0.4) is 0 Å². The molecule has 2 heterocycles. The molecule has 0 radical (unpaired) electrons. The minimum absolute atomic E-state index is 0.222. The van der Waals surface area contributed by atoms with Crippen molar-refractivity contribution in [3.63, 3.8) is 0 Å². The van der Waals surface area contributed by atoms with Crippen molar-refractivity contribution in [2.75, 3.05) is 6.26 Å². The van der Waals surface area contributed by atoms with E-state index in [1.807, 2.05) is 13.3 Å². The molecule has 1 aliphatic carbocycles. The first-order valence-corrected chi connectivity index (χ1v) is 7.47. The molecule has 0 N–H and O–H groups in total. The molecule has 0 atom stereocenters. The summed E-state index contributed by atoms with van der Waals surface area (Å²) in [6.45, 7) is 0.529. The molecule has 7 heteroatoms. The van der Waals surface area contributed by atoms with Crippen molar-refractivity contribution in [2.45, 2.75) is 24.5 Å². The first kappa shape index (κ1) is 12.5. The van der Waals surface area contributed by atoms with Gasteiger partial charge in [0.2, 0.25) is 0 Å². The van der Waals surface area contributed by atoms with Gasteiger partial charge in [0.25, 0.3) is 5.56 Å². The fourth-order valence-electron chi connectivity index (χ4n) is 2.33. The van der Waals surface area contributed by atoms with Gasteiger partial charge in [0, 0.05) is 20.6 Å². The van der Waals surface area contributed by atoms with Crippen LogP contribution in [0.15, 0.2) is 14.7 Å². The summed E-state index contributed by atoms with van der Waals surface area (Å²) in [5, 5.41) is 0.742. The van der Waals surface area contributed by atoms with Crippen molar-refractivity contribution >= 4 is 22.9 Å². The average Bonchev–Trinajstić information content (AvgIpc) is 3.14. The van der Waals surface area contributed by atoms with Gasteiger partial charge in [-0.1, -0.05) is 11.8 Å². The predicted molar refractivity (Wildman–Crippen MR) is 74.7 cm³/mol. The molecule has 3 rings (SSSR count).